The minimum absolute atomic E-state index is 0.320. The zero-order valence-corrected chi connectivity index (χ0v) is 6.91. The second kappa shape index (κ2) is 3.59. The predicted molar refractivity (Wildman–Crippen MR) is 46.0 cm³/mol. The lowest BCUT2D eigenvalue weighted by atomic mass is 10.3. The molecule has 1 aromatic carbocycles. The second-order valence-corrected chi connectivity index (χ2v) is 2.87. The van der Waals surface area contributed by atoms with Gasteiger partial charge in [0.2, 0.25) is 0 Å². The van der Waals surface area contributed by atoms with Crippen LogP contribution in [0.1, 0.15) is 0 Å². The molecule has 0 aromatic heterocycles. The van der Waals surface area contributed by atoms with E-state index in [2.05, 4.69) is 5.43 Å². The fraction of sp³-hybridized carbons (Fsp3) is 0.143. The molecule has 2 nitrogen and oxygen atoms in total. The molecule has 0 heterocycles. The zero-order valence-electron chi connectivity index (χ0n) is 6.10. The number of hydrogen-bond acceptors (Lipinski definition) is 3. The average molecular weight is 172 g/mol. The van der Waals surface area contributed by atoms with Crippen molar-refractivity contribution >= 4 is 17.4 Å². The number of hydrogen-bond donors (Lipinski definition) is 2. The average Bonchev–Trinajstić information content (AvgIpc) is 2.04. The minimum atomic E-state index is -0.320. The number of nitrogens with two attached hydrogens (primary N) is 1. The normalized spacial score (nSPS) is 9.73. The van der Waals surface area contributed by atoms with Gasteiger partial charge in [-0.15, -0.1) is 11.8 Å². The van der Waals surface area contributed by atoms with Crippen LogP contribution >= 0.6 is 11.8 Å². The van der Waals surface area contributed by atoms with Gasteiger partial charge in [-0.25, -0.2) is 4.39 Å². The summed E-state index contributed by atoms with van der Waals surface area (Å²) in [5.41, 5.74) is 2.58. The summed E-state index contributed by atoms with van der Waals surface area (Å²) in [4.78, 5) is 0.890. The highest BCUT2D eigenvalue weighted by molar-refractivity contribution is 7.98. The van der Waals surface area contributed by atoms with Crippen LogP contribution in [0.3, 0.4) is 0 Å². The molecule has 0 bridgehead atoms. The molecule has 0 atom stereocenters. The predicted octanol–water partition coefficient (Wildman–Crippen LogP) is 1.83. The van der Waals surface area contributed by atoms with Gasteiger partial charge >= 0.3 is 0 Å². The lowest BCUT2D eigenvalue weighted by Gasteiger charge is -2.02. The van der Waals surface area contributed by atoms with Crippen LogP contribution in [-0.2, 0) is 0 Å². The van der Waals surface area contributed by atoms with E-state index in [0.717, 1.165) is 4.90 Å². The monoisotopic (exact) mass is 172 g/mol. The van der Waals surface area contributed by atoms with Crippen molar-refractivity contribution in [3.05, 3.63) is 24.0 Å². The molecule has 0 saturated carbocycles. The Hall–Kier alpha value is -0.740. The summed E-state index contributed by atoms with van der Waals surface area (Å²) < 4.78 is 12.9. The number of thioether (sulfide) groups is 1. The molecular weight excluding hydrogens is 163 g/mol. The summed E-state index contributed by atoms with van der Waals surface area (Å²) in [7, 11) is 0. The first-order valence-corrected chi connectivity index (χ1v) is 4.30. The van der Waals surface area contributed by atoms with Gasteiger partial charge < -0.3 is 5.43 Å². The highest BCUT2D eigenvalue weighted by atomic mass is 32.2. The topological polar surface area (TPSA) is 38.0 Å². The summed E-state index contributed by atoms with van der Waals surface area (Å²) in [6, 6.07) is 4.87. The van der Waals surface area contributed by atoms with Gasteiger partial charge in [0, 0.05) is 4.90 Å². The highest BCUT2D eigenvalue weighted by Gasteiger charge is 1.99. The lowest BCUT2D eigenvalue weighted by molar-refractivity contribution is 0.627. The summed E-state index contributed by atoms with van der Waals surface area (Å²) in [6.45, 7) is 0. The van der Waals surface area contributed by atoms with Crippen molar-refractivity contribution in [3.63, 3.8) is 0 Å². The van der Waals surface area contributed by atoms with Crippen LogP contribution in [0, 0.1) is 5.82 Å². The summed E-state index contributed by atoms with van der Waals surface area (Å²) in [6.07, 6.45) is 1.89. The third-order valence-electron chi connectivity index (χ3n) is 1.33. The van der Waals surface area contributed by atoms with E-state index in [1.807, 2.05) is 12.3 Å². The third kappa shape index (κ3) is 1.85. The Labute approximate surface area is 68.9 Å². The largest absolute Gasteiger partial charge is 0.321 e. The van der Waals surface area contributed by atoms with Gasteiger partial charge in [0.1, 0.15) is 5.82 Å². The smallest absolute Gasteiger partial charge is 0.148 e. The Balaban J connectivity index is 2.99. The summed E-state index contributed by atoms with van der Waals surface area (Å²) in [5.74, 6) is 4.73. The van der Waals surface area contributed by atoms with E-state index in [1.165, 1.54) is 17.8 Å². The number of nitrogen functional groups attached to an aromatic ring is 1. The Kier molecular flexibility index (Phi) is 2.73. The van der Waals surface area contributed by atoms with Gasteiger partial charge in [-0.1, -0.05) is 0 Å². The Morgan fingerprint density at radius 2 is 2.27 bits per heavy atom. The number of nitrogens with one attached hydrogen (secondary N) is 1. The van der Waals surface area contributed by atoms with Gasteiger partial charge in [0.25, 0.3) is 0 Å². The van der Waals surface area contributed by atoms with E-state index in [4.69, 9.17) is 5.84 Å². The first kappa shape index (κ1) is 8.36. The molecule has 3 N–H and O–H groups in total. The molecule has 1 aromatic rings. The van der Waals surface area contributed by atoms with Crippen LogP contribution in [-0.4, -0.2) is 6.26 Å². The molecule has 60 valence electrons. The molecule has 0 aliphatic rings. The molecule has 0 aliphatic carbocycles. The maximum atomic E-state index is 12.9. The molecule has 0 amide bonds. The molecule has 1 rings (SSSR count). The van der Waals surface area contributed by atoms with E-state index < -0.39 is 0 Å². The van der Waals surface area contributed by atoms with Crippen molar-refractivity contribution in [2.75, 3.05) is 11.7 Å². The van der Waals surface area contributed by atoms with Crippen LogP contribution in [0.2, 0.25) is 0 Å². The lowest BCUT2D eigenvalue weighted by Crippen LogP contribution is -2.08. The van der Waals surface area contributed by atoms with Crippen LogP contribution < -0.4 is 11.3 Å². The van der Waals surface area contributed by atoms with Gasteiger partial charge in [0.05, 0.1) is 5.69 Å². The van der Waals surface area contributed by atoms with E-state index in [-0.39, 0.29) is 5.82 Å². The molecule has 0 unspecified atom stereocenters. The Bertz CT molecular complexity index is 252. The van der Waals surface area contributed by atoms with Crippen molar-refractivity contribution < 1.29 is 4.39 Å². The Morgan fingerprint density at radius 1 is 1.55 bits per heavy atom. The quantitative estimate of drug-likeness (QED) is 0.406. The first-order valence-electron chi connectivity index (χ1n) is 3.08. The molecule has 0 aliphatic heterocycles. The van der Waals surface area contributed by atoms with Gasteiger partial charge in [0.15, 0.2) is 0 Å². The van der Waals surface area contributed by atoms with Crippen molar-refractivity contribution in [2.45, 2.75) is 4.90 Å². The van der Waals surface area contributed by atoms with Crippen molar-refractivity contribution in [1.82, 2.24) is 0 Å². The van der Waals surface area contributed by atoms with E-state index in [9.17, 15) is 4.39 Å². The summed E-state index contributed by atoms with van der Waals surface area (Å²) in [5, 5.41) is 0. The number of benzene rings is 1. The van der Waals surface area contributed by atoms with Crippen molar-refractivity contribution in [3.8, 4) is 0 Å². The fourth-order valence-electron chi connectivity index (χ4n) is 0.740. The van der Waals surface area contributed by atoms with Crippen molar-refractivity contribution in [2.24, 2.45) is 5.84 Å². The Morgan fingerprint density at radius 3 is 2.73 bits per heavy atom. The van der Waals surface area contributed by atoms with E-state index in [0.29, 0.717) is 5.69 Å². The highest BCUT2D eigenvalue weighted by Crippen LogP contribution is 2.20. The number of halogens is 1. The number of rotatable bonds is 2. The van der Waals surface area contributed by atoms with Crippen molar-refractivity contribution in [1.29, 1.82) is 0 Å². The molecule has 11 heavy (non-hydrogen) atoms. The van der Waals surface area contributed by atoms with Crippen LogP contribution in [0.5, 0.6) is 0 Å². The first-order chi connectivity index (χ1) is 5.27. The number of anilines is 1. The molecule has 0 saturated heterocycles. The molecular formula is C7H9FN2S. The van der Waals surface area contributed by atoms with E-state index in [1.54, 1.807) is 6.07 Å². The van der Waals surface area contributed by atoms with Gasteiger partial charge in [-0.05, 0) is 24.5 Å². The SMILES string of the molecule is CSc1ccc(NN)c(F)c1. The van der Waals surface area contributed by atoms with Gasteiger partial charge in [-0.2, -0.15) is 0 Å². The molecule has 0 fully saturated rings. The minimum Gasteiger partial charge on any atom is -0.321 e. The number of hydrazine groups is 1. The maximum absolute atomic E-state index is 12.9. The molecule has 0 radical (unpaired) electrons. The van der Waals surface area contributed by atoms with Gasteiger partial charge in [-0.3, -0.25) is 5.84 Å². The summed E-state index contributed by atoms with van der Waals surface area (Å²) >= 11 is 1.49. The standard InChI is InChI=1S/C7H9FN2S/c1-11-5-2-3-7(10-9)6(8)4-5/h2-4,10H,9H2,1H3. The fourth-order valence-corrected chi connectivity index (χ4v) is 1.17. The van der Waals surface area contributed by atoms with Crippen LogP contribution in [0.25, 0.3) is 0 Å². The van der Waals surface area contributed by atoms with E-state index >= 15 is 0 Å². The maximum Gasteiger partial charge on any atom is 0.148 e. The second-order valence-electron chi connectivity index (χ2n) is 1.99. The van der Waals surface area contributed by atoms with Crippen LogP contribution in [0.4, 0.5) is 10.1 Å². The molecule has 4 heteroatoms. The molecule has 0 spiro atoms. The zero-order chi connectivity index (χ0) is 8.27. The van der Waals surface area contributed by atoms with Crippen LogP contribution in [0.15, 0.2) is 23.1 Å². The third-order valence-corrected chi connectivity index (χ3v) is 2.06.